The van der Waals surface area contributed by atoms with Crippen LogP contribution in [0.25, 0.3) is 98.4 Å². The molecule has 15 rings (SSSR count). The fourth-order valence-corrected chi connectivity index (χ4v) is 12.5. The highest BCUT2D eigenvalue weighted by Gasteiger charge is 2.33. The minimum Gasteiger partial charge on any atom is -0.310 e. The molecule has 0 saturated carbocycles. The molecule has 0 aliphatic carbocycles. The average Bonchev–Trinajstić information content (AvgIpc) is 4.21. The zero-order valence-electron chi connectivity index (χ0n) is 41.7. The lowest BCUT2D eigenvalue weighted by Crippen LogP contribution is -2.10. The lowest BCUT2D eigenvalue weighted by molar-refractivity contribution is 1.28. The predicted octanol–water partition coefficient (Wildman–Crippen LogP) is 19.5. The molecule has 4 heteroatoms. The number of fused-ring (bicyclic) bond motifs is 12. The number of rotatable bonds is 8. The summed E-state index contributed by atoms with van der Waals surface area (Å²) in [6, 6.07) is 86.1. The van der Waals surface area contributed by atoms with Gasteiger partial charge in [-0.1, -0.05) is 180 Å². The van der Waals surface area contributed by atoms with Crippen molar-refractivity contribution in [3.05, 3.63) is 253 Å². The van der Waals surface area contributed by atoms with Crippen molar-refractivity contribution in [3.8, 4) is 22.3 Å². The average molecular weight is 947 g/mol. The molecule has 0 atom stereocenters. The molecule has 0 spiro atoms. The largest absolute Gasteiger partial charge is 0.310 e. The summed E-state index contributed by atoms with van der Waals surface area (Å²) in [6.45, 7) is 8.65. The summed E-state index contributed by atoms with van der Waals surface area (Å²) < 4.78 is 5.26. The first kappa shape index (κ1) is 42.3. The van der Waals surface area contributed by atoms with E-state index in [4.69, 9.17) is 0 Å². The lowest BCUT2D eigenvalue weighted by Gasteiger charge is -2.27. The van der Waals surface area contributed by atoms with Gasteiger partial charge in [0.05, 0.1) is 44.5 Å². The summed E-state index contributed by atoms with van der Waals surface area (Å²) in [7, 11) is 0. The minimum absolute atomic E-state index is 1.12. The first-order valence-electron chi connectivity index (χ1n) is 25.8. The Morgan fingerprint density at radius 2 is 0.568 bits per heavy atom. The molecule has 0 fully saturated rings. The zero-order chi connectivity index (χ0) is 49.3. The lowest BCUT2D eigenvalue weighted by atomic mass is 9.89. The maximum absolute atomic E-state index is 2.63. The molecule has 4 aromatic heterocycles. The monoisotopic (exact) mass is 946 g/mol. The molecular formula is C70H50N4. The van der Waals surface area contributed by atoms with E-state index in [1.54, 1.807) is 0 Å². The number of aryl methyl sites for hydroxylation is 4. The Kier molecular flexibility index (Phi) is 9.19. The second-order valence-corrected chi connectivity index (χ2v) is 20.4. The highest BCUT2D eigenvalue weighted by atomic mass is 15.2. The smallest absolute Gasteiger partial charge is 0.0642 e. The van der Waals surface area contributed by atoms with Crippen molar-refractivity contribution in [3.63, 3.8) is 0 Å². The van der Waals surface area contributed by atoms with E-state index in [2.05, 4.69) is 277 Å². The standard InChI is InChI=1S/C70H50N4/c1-43-23-31-49(32-24-43)71(50-33-25-44(2)26-34-50)59-41-39-55-65-61(47-15-7-5-8-16-47)70-66(62(48-17-9-6-10-18-48)69(65)73-57-21-13-11-19-53(57)63(59)67(55)73)56-40-42-60(64-54-20-12-14-22-58(54)74(70)68(56)64)72(51-35-27-45(3)28-36-51)52-37-29-46(4)30-38-52/h5-42H,1-4H3. The fourth-order valence-electron chi connectivity index (χ4n) is 12.5. The van der Waals surface area contributed by atoms with E-state index < -0.39 is 0 Å². The van der Waals surface area contributed by atoms with E-state index in [1.165, 1.54) is 121 Å². The first-order chi connectivity index (χ1) is 36.4. The van der Waals surface area contributed by atoms with E-state index in [1.807, 2.05) is 0 Å². The van der Waals surface area contributed by atoms with Crippen LogP contribution in [0.3, 0.4) is 0 Å². The van der Waals surface area contributed by atoms with Gasteiger partial charge in [-0.25, -0.2) is 0 Å². The van der Waals surface area contributed by atoms with Gasteiger partial charge in [-0.2, -0.15) is 0 Å². The first-order valence-corrected chi connectivity index (χ1v) is 25.8. The van der Waals surface area contributed by atoms with Crippen molar-refractivity contribution in [2.75, 3.05) is 9.80 Å². The van der Waals surface area contributed by atoms with Crippen molar-refractivity contribution in [2.24, 2.45) is 0 Å². The van der Waals surface area contributed by atoms with Crippen LogP contribution >= 0.6 is 0 Å². The van der Waals surface area contributed by atoms with E-state index in [0.717, 1.165) is 34.1 Å². The number of nitrogens with zero attached hydrogens (tertiary/aromatic N) is 4. The second kappa shape index (κ2) is 16.1. The molecule has 0 amide bonds. The molecule has 0 aliphatic heterocycles. The SMILES string of the molecule is Cc1ccc(N(c2ccc(C)cc2)c2ccc3c4c(-c5ccccc5)c5c(c(-c6ccccc6)c4n4c6ccccc6c2c34)c2ccc(N(c3ccc(C)cc3)c3ccc(C)cc3)c3c4ccccc4n5c23)cc1. The summed E-state index contributed by atoms with van der Waals surface area (Å²) in [5.74, 6) is 0. The highest BCUT2D eigenvalue weighted by molar-refractivity contribution is 6.39. The van der Waals surface area contributed by atoms with Crippen molar-refractivity contribution in [2.45, 2.75) is 27.7 Å². The van der Waals surface area contributed by atoms with Crippen LogP contribution < -0.4 is 9.80 Å². The van der Waals surface area contributed by atoms with Crippen LogP contribution in [0, 0.1) is 27.7 Å². The van der Waals surface area contributed by atoms with Gasteiger partial charge in [0.1, 0.15) is 0 Å². The highest BCUT2D eigenvalue weighted by Crippen LogP contribution is 2.57. The quantitative estimate of drug-likeness (QED) is 0.151. The summed E-state index contributed by atoms with van der Waals surface area (Å²) in [4.78, 5) is 4.92. The fraction of sp³-hybridized carbons (Fsp3) is 0.0571. The molecule has 350 valence electrons. The topological polar surface area (TPSA) is 15.3 Å². The molecule has 4 heterocycles. The molecule has 0 aliphatic rings. The Bertz CT molecular complexity index is 4250. The van der Waals surface area contributed by atoms with Crippen molar-refractivity contribution < 1.29 is 0 Å². The Hall–Kier alpha value is -9.38. The molecule has 0 saturated heterocycles. The Balaban J connectivity index is 1.16. The van der Waals surface area contributed by atoms with Crippen LogP contribution in [0.15, 0.2) is 231 Å². The molecule has 0 N–H and O–H groups in total. The molecule has 0 unspecified atom stereocenters. The van der Waals surface area contributed by atoms with Crippen molar-refractivity contribution in [1.29, 1.82) is 0 Å². The predicted molar refractivity (Wildman–Crippen MR) is 315 cm³/mol. The maximum atomic E-state index is 2.63. The number of para-hydroxylation sites is 2. The zero-order valence-corrected chi connectivity index (χ0v) is 41.7. The molecule has 0 bridgehead atoms. The molecular weight excluding hydrogens is 897 g/mol. The summed E-state index contributed by atoms with van der Waals surface area (Å²) >= 11 is 0. The number of benzene rings is 11. The number of hydrogen-bond donors (Lipinski definition) is 0. The third kappa shape index (κ3) is 6.03. The molecule has 15 aromatic rings. The molecule has 11 aromatic carbocycles. The maximum Gasteiger partial charge on any atom is 0.0642 e. The van der Waals surface area contributed by atoms with Gasteiger partial charge in [-0.3, -0.25) is 0 Å². The Labute approximate surface area is 429 Å². The van der Waals surface area contributed by atoms with Crippen molar-refractivity contribution >= 4 is 110 Å². The van der Waals surface area contributed by atoms with Gasteiger partial charge in [-0.15, -0.1) is 0 Å². The molecule has 74 heavy (non-hydrogen) atoms. The van der Waals surface area contributed by atoms with Crippen LogP contribution in [0.2, 0.25) is 0 Å². The summed E-state index contributed by atoms with van der Waals surface area (Å²) in [5.41, 5.74) is 23.9. The van der Waals surface area contributed by atoms with Gasteiger partial charge in [0.25, 0.3) is 0 Å². The third-order valence-electron chi connectivity index (χ3n) is 15.8. The minimum atomic E-state index is 1.12. The van der Waals surface area contributed by atoms with E-state index in [-0.39, 0.29) is 0 Å². The number of hydrogen-bond acceptors (Lipinski definition) is 2. The van der Waals surface area contributed by atoms with Gasteiger partial charge in [0, 0.05) is 77.0 Å². The van der Waals surface area contributed by atoms with Gasteiger partial charge >= 0.3 is 0 Å². The van der Waals surface area contributed by atoms with Gasteiger partial charge < -0.3 is 18.6 Å². The van der Waals surface area contributed by atoms with E-state index in [9.17, 15) is 0 Å². The normalized spacial score (nSPS) is 12.1. The van der Waals surface area contributed by atoms with Crippen LogP contribution in [0.1, 0.15) is 22.3 Å². The van der Waals surface area contributed by atoms with Gasteiger partial charge in [0.2, 0.25) is 0 Å². The van der Waals surface area contributed by atoms with Crippen LogP contribution in [0.5, 0.6) is 0 Å². The Morgan fingerprint density at radius 3 is 0.905 bits per heavy atom. The van der Waals surface area contributed by atoms with Gasteiger partial charge in [-0.05, 0) is 112 Å². The van der Waals surface area contributed by atoms with E-state index in [0.29, 0.717) is 0 Å². The van der Waals surface area contributed by atoms with Crippen LogP contribution in [-0.4, -0.2) is 8.80 Å². The molecule has 0 radical (unpaired) electrons. The number of anilines is 6. The second-order valence-electron chi connectivity index (χ2n) is 20.4. The number of aromatic nitrogens is 2. The van der Waals surface area contributed by atoms with Crippen molar-refractivity contribution in [1.82, 2.24) is 8.80 Å². The Morgan fingerprint density at radius 1 is 0.257 bits per heavy atom. The third-order valence-corrected chi connectivity index (χ3v) is 15.8. The summed E-state index contributed by atoms with van der Waals surface area (Å²) in [5, 5.41) is 9.90. The molecule has 4 nitrogen and oxygen atoms in total. The summed E-state index contributed by atoms with van der Waals surface area (Å²) in [6.07, 6.45) is 0. The van der Waals surface area contributed by atoms with Crippen LogP contribution in [-0.2, 0) is 0 Å². The van der Waals surface area contributed by atoms with Gasteiger partial charge in [0.15, 0.2) is 0 Å². The van der Waals surface area contributed by atoms with Crippen LogP contribution in [0.4, 0.5) is 34.1 Å². The van der Waals surface area contributed by atoms with E-state index >= 15 is 0 Å².